The van der Waals surface area contributed by atoms with E-state index in [4.69, 9.17) is 9.47 Å². The van der Waals surface area contributed by atoms with Crippen LogP contribution in [0.1, 0.15) is 18.1 Å². The molecule has 1 aromatic heterocycles. The Labute approximate surface area is 207 Å². The van der Waals surface area contributed by atoms with Gasteiger partial charge in [0.15, 0.2) is 5.96 Å². The monoisotopic (exact) mass is 549 g/mol. The zero-order valence-electron chi connectivity index (χ0n) is 18.7. The van der Waals surface area contributed by atoms with Gasteiger partial charge in [0, 0.05) is 32.6 Å². The third kappa shape index (κ3) is 8.51. The molecule has 172 valence electrons. The maximum atomic E-state index is 5.60. The van der Waals surface area contributed by atoms with Gasteiger partial charge in [0.25, 0.3) is 0 Å². The molecule has 32 heavy (non-hydrogen) atoms. The van der Waals surface area contributed by atoms with Gasteiger partial charge in [-0.15, -0.1) is 24.0 Å². The number of aliphatic imine (C=N–C) groups is 1. The highest BCUT2D eigenvalue weighted by molar-refractivity contribution is 14.0. The first-order valence-corrected chi connectivity index (χ1v) is 10.6. The zero-order chi connectivity index (χ0) is 21.7. The summed E-state index contributed by atoms with van der Waals surface area (Å²) in [5, 5.41) is 11.0. The number of rotatable bonds is 11. The highest BCUT2D eigenvalue weighted by atomic mass is 127. The van der Waals surface area contributed by atoms with Crippen LogP contribution in [0.5, 0.6) is 5.75 Å². The van der Waals surface area contributed by atoms with Crippen molar-refractivity contribution in [2.24, 2.45) is 4.99 Å². The van der Waals surface area contributed by atoms with Crippen LogP contribution in [0.25, 0.3) is 5.69 Å². The number of guanidine groups is 1. The topological polar surface area (TPSA) is 72.7 Å². The van der Waals surface area contributed by atoms with Crippen molar-refractivity contribution >= 4 is 29.9 Å². The number of hydrogen-bond acceptors (Lipinski definition) is 4. The van der Waals surface area contributed by atoms with Gasteiger partial charge in [-0.2, -0.15) is 5.10 Å². The van der Waals surface area contributed by atoms with Crippen molar-refractivity contribution in [1.82, 2.24) is 20.4 Å². The minimum atomic E-state index is 0. The Kier molecular flexibility index (Phi) is 11.6. The maximum absolute atomic E-state index is 5.60. The van der Waals surface area contributed by atoms with Gasteiger partial charge in [0.2, 0.25) is 0 Å². The van der Waals surface area contributed by atoms with E-state index in [9.17, 15) is 0 Å². The summed E-state index contributed by atoms with van der Waals surface area (Å²) < 4.78 is 12.5. The first-order chi connectivity index (χ1) is 15.3. The van der Waals surface area contributed by atoms with Crippen LogP contribution < -0.4 is 15.4 Å². The quantitative estimate of drug-likeness (QED) is 0.165. The molecule has 0 bridgehead atoms. The van der Waals surface area contributed by atoms with E-state index in [1.165, 1.54) is 5.56 Å². The second kappa shape index (κ2) is 14.5. The lowest BCUT2D eigenvalue weighted by atomic mass is 10.1. The van der Waals surface area contributed by atoms with E-state index in [1.807, 2.05) is 41.2 Å². The van der Waals surface area contributed by atoms with Gasteiger partial charge in [0.05, 0.1) is 18.8 Å². The molecule has 0 saturated heterocycles. The minimum absolute atomic E-state index is 0. The van der Waals surface area contributed by atoms with Gasteiger partial charge in [-0.25, -0.2) is 9.67 Å². The van der Waals surface area contributed by atoms with Crippen molar-refractivity contribution in [2.45, 2.75) is 19.9 Å². The lowest BCUT2D eigenvalue weighted by molar-refractivity contribution is 0.146. The van der Waals surface area contributed by atoms with Crippen LogP contribution in [0.2, 0.25) is 0 Å². The number of ether oxygens (including phenoxy) is 2. The lowest BCUT2D eigenvalue weighted by Gasteiger charge is -2.12. The summed E-state index contributed by atoms with van der Waals surface area (Å²) in [7, 11) is 1.67. The number of aromatic nitrogens is 2. The molecule has 2 N–H and O–H groups in total. The first-order valence-electron chi connectivity index (χ1n) is 10.6. The fraction of sp³-hybridized carbons (Fsp3) is 0.333. The van der Waals surface area contributed by atoms with E-state index in [0.29, 0.717) is 19.8 Å². The predicted octanol–water partition coefficient (Wildman–Crippen LogP) is 3.81. The minimum Gasteiger partial charge on any atom is -0.491 e. The molecule has 8 heteroatoms. The van der Waals surface area contributed by atoms with Crippen molar-refractivity contribution in [3.8, 4) is 11.4 Å². The van der Waals surface area contributed by atoms with Gasteiger partial charge in [-0.1, -0.05) is 24.3 Å². The highest BCUT2D eigenvalue weighted by Crippen LogP contribution is 2.13. The molecule has 3 aromatic rings. The molecule has 0 aliphatic heterocycles. The Bertz CT molecular complexity index is 913. The molecule has 0 aliphatic carbocycles. The van der Waals surface area contributed by atoms with Crippen LogP contribution in [-0.4, -0.2) is 49.2 Å². The summed E-state index contributed by atoms with van der Waals surface area (Å²) >= 11 is 0. The molecule has 2 aromatic carbocycles. The molecular formula is C24H32IN5O2. The second-order valence-corrected chi connectivity index (χ2v) is 6.97. The Morgan fingerprint density at radius 2 is 1.75 bits per heavy atom. The Balaban J connectivity index is 0.00000363. The van der Waals surface area contributed by atoms with Crippen molar-refractivity contribution in [3.63, 3.8) is 0 Å². The Hall–Kier alpha value is -2.59. The number of nitrogens with zero attached hydrogens (tertiary/aromatic N) is 3. The van der Waals surface area contributed by atoms with E-state index in [2.05, 4.69) is 51.9 Å². The summed E-state index contributed by atoms with van der Waals surface area (Å²) in [6, 6.07) is 18.4. The van der Waals surface area contributed by atoms with Gasteiger partial charge in [0.1, 0.15) is 12.4 Å². The molecule has 0 aliphatic rings. The lowest BCUT2D eigenvalue weighted by Crippen LogP contribution is -2.38. The Morgan fingerprint density at radius 3 is 2.41 bits per heavy atom. The van der Waals surface area contributed by atoms with E-state index in [0.717, 1.165) is 42.5 Å². The van der Waals surface area contributed by atoms with Crippen molar-refractivity contribution < 1.29 is 9.47 Å². The van der Waals surface area contributed by atoms with Crippen LogP contribution in [0.3, 0.4) is 0 Å². The molecule has 0 atom stereocenters. The number of halogens is 1. The molecular weight excluding hydrogens is 517 g/mol. The zero-order valence-corrected chi connectivity index (χ0v) is 21.0. The fourth-order valence-corrected chi connectivity index (χ4v) is 3.01. The third-order valence-electron chi connectivity index (χ3n) is 4.65. The van der Waals surface area contributed by atoms with E-state index in [1.54, 1.807) is 13.3 Å². The summed E-state index contributed by atoms with van der Waals surface area (Å²) in [6.07, 6.45) is 4.64. The maximum Gasteiger partial charge on any atom is 0.191 e. The molecule has 0 fully saturated rings. The van der Waals surface area contributed by atoms with Crippen LogP contribution >= 0.6 is 24.0 Å². The predicted molar refractivity (Wildman–Crippen MR) is 139 cm³/mol. The molecule has 1 heterocycles. The highest BCUT2D eigenvalue weighted by Gasteiger charge is 2.01. The molecule has 0 saturated carbocycles. The van der Waals surface area contributed by atoms with Crippen molar-refractivity contribution in [3.05, 3.63) is 78.1 Å². The first kappa shape index (κ1) is 25.7. The van der Waals surface area contributed by atoms with Gasteiger partial charge in [-0.3, -0.25) is 0 Å². The van der Waals surface area contributed by atoms with Crippen molar-refractivity contribution in [1.29, 1.82) is 0 Å². The summed E-state index contributed by atoms with van der Waals surface area (Å²) in [4.78, 5) is 4.69. The number of methoxy groups -OCH3 is 1. The van der Waals surface area contributed by atoms with Crippen LogP contribution in [-0.2, 0) is 17.7 Å². The standard InChI is InChI=1S/C24H31N5O2.HI/c1-3-25-24(27-19-21-7-11-23(12-8-21)31-18-17-30-2)26-15-13-20-5-9-22(10-6-20)29-16-4-14-28-29;/h4-12,14,16H,3,13,15,17-19H2,1-2H3,(H2,25,26,27);1H. The van der Waals surface area contributed by atoms with Crippen LogP contribution in [0, 0.1) is 0 Å². The molecule has 3 rings (SSSR count). The van der Waals surface area contributed by atoms with Crippen LogP contribution in [0.15, 0.2) is 72.0 Å². The van der Waals surface area contributed by atoms with Gasteiger partial charge < -0.3 is 20.1 Å². The van der Waals surface area contributed by atoms with E-state index < -0.39 is 0 Å². The smallest absolute Gasteiger partial charge is 0.191 e. The van der Waals surface area contributed by atoms with E-state index in [-0.39, 0.29) is 24.0 Å². The second-order valence-electron chi connectivity index (χ2n) is 6.97. The number of benzene rings is 2. The normalized spacial score (nSPS) is 11.0. The van der Waals surface area contributed by atoms with E-state index >= 15 is 0 Å². The molecule has 7 nitrogen and oxygen atoms in total. The summed E-state index contributed by atoms with van der Waals surface area (Å²) in [5.41, 5.74) is 3.46. The molecule has 0 amide bonds. The van der Waals surface area contributed by atoms with Crippen LogP contribution in [0.4, 0.5) is 0 Å². The Morgan fingerprint density at radius 1 is 1.00 bits per heavy atom. The molecule has 0 unspecified atom stereocenters. The largest absolute Gasteiger partial charge is 0.491 e. The summed E-state index contributed by atoms with van der Waals surface area (Å²) in [6.45, 7) is 5.42. The third-order valence-corrected chi connectivity index (χ3v) is 4.65. The van der Waals surface area contributed by atoms with Gasteiger partial charge >= 0.3 is 0 Å². The van der Waals surface area contributed by atoms with Gasteiger partial charge in [-0.05, 0) is 54.8 Å². The number of nitrogens with one attached hydrogen (secondary N) is 2. The SMILES string of the molecule is CCNC(=NCc1ccc(OCCOC)cc1)NCCc1ccc(-n2cccn2)cc1.I. The average molecular weight is 549 g/mol. The van der Waals surface area contributed by atoms with Crippen molar-refractivity contribution in [2.75, 3.05) is 33.4 Å². The average Bonchev–Trinajstić information content (AvgIpc) is 3.34. The number of hydrogen-bond donors (Lipinski definition) is 2. The summed E-state index contributed by atoms with van der Waals surface area (Å²) in [5.74, 6) is 1.66. The molecule has 0 radical (unpaired) electrons. The fourth-order valence-electron chi connectivity index (χ4n) is 3.01. The molecule has 0 spiro atoms.